The summed E-state index contributed by atoms with van der Waals surface area (Å²) in [5, 5.41) is 4.06. The summed E-state index contributed by atoms with van der Waals surface area (Å²) in [6.45, 7) is 2.46. The van der Waals surface area contributed by atoms with E-state index in [0.29, 0.717) is 16.1 Å². The van der Waals surface area contributed by atoms with Crippen LogP contribution in [0.4, 0.5) is 18.9 Å². The Bertz CT molecular complexity index is 1640. The quantitative estimate of drug-likeness (QED) is 0.321. The molecule has 0 bridgehead atoms. The minimum absolute atomic E-state index is 0.0750. The maximum atomic E-state index is 13.5. The summed E-state index contributed by atoms with van der Waals surface area (Å²) < 4.78 is 45.4. The van der Waals surface area contributed by atoms with Crippen LogP contribution in [0.3, 0.4) is 0 Å². The minimum Gasteiger partial charge on any atom is -0.337 e. The highest BCUT2D eigenvalue weighted by atomic mass is 35.5. The van der Waals surface area contributed by atoms with Gasteiger partial charge in [0.05, 0.1) is 22.7 Å². The molecule has 0 fully saturated rings. The van der Waals surface area contributed by atoms with Crippen LogP contribution in [0, 0.1) is 0 Å². The molecule has 11 heteroatoms. The summed E-state index contributed by atoms with van der Waals surface area (Å²) in [7, 11) is 1.91. The molecule has 4 nitrogen and oxygen atoms in total. The molecule has 5 rings (SSSR count). The molecule has 36 heavy (non-hydrogen) atoms. The van der Waals surface area contributed by atoms with E-state index in [0.717, 1.165) is 31.3 Å². The first-order chi connectivity index (χ1) is 17.2. The Hall–Kier alpha value is -2.53. The van der Waals surface area contributed by atoms with E-state index in [1.807, 2.05) is 48.5 Å². The van der Waals surface area contributed by atoms with E-state index in [2.05, 4.69) is 0 Å². The second kappa shape index (κ2) is 9.74. The summed E-state index contributed by atoms with van der Waals surface area (Å²) in [5.74, 6) is 0. The molecule has 0 radical (unpaired) electrons. The molecule has 0 atom stereocenters. The number of rotatable bonds is 4. The van der Waals surface area contributed by atoms with E-state index >= 15 is 0 Å². The molecule has 1 aliphatic heterocycles. The molecule has 0 N–H and O–H groups in total. The Morgan fingerprint density at radius 1 is 1.17 bits per heavy atom. The third-order valence-corrected chi connectivity index (χ3v) is 9.41. The molecular weight excluding hydrogens is 547 g/mol. The Morgan fingerprint density at radius 2 is 1.94 bits per heavy atom. The molecule has 2 aromatic heterocycles. The van der Waals surface area contributed by atoms with Crippen LogP contribution in [0.2, 0.25) is 5.02 Å². The second-order valence-electron chi connectivity index (χ2n) is 8.07. The summed E-state index contributed by atoms with van der Waals surface area (Å²) in [6, 6.07) is 11.3. The lowest BCUT2D eigenvalue weighted by molar-refractivity contribution is -0.685. The number of thiazole rings is 2. The number of nitrogens with zero attached hydrogens (tertiary/aromatic N) is 3. The van der Waals surface area contributed by atoms with E-state index in [1.165, 1.54) is 46.6 Å². The molecule has 4 aromatic rings. The van der Waals surface area contributed by atoms with E-state index < -0.39 is 11.7 Å². The first-order valence-electron chi connectivity index (χ1n) is 11.0. The number of fused-ring (bicyclic) bond motifs is 1. The zero-order valence-corrected chi connectivity index (χ0v) is 22.4. The van der Waals surface area contributed by atoms with Crippen LogP contribution in [0.5, 0.6) is 0 Å². The lowest BCUT2D eigenvalue weighted by atomic mass is 10.1. The summed E-state index contributed by atoms with van der Waals surface area (Å²) in [4.78, 5) is 16.4. The summed E-state index contributed by atoms with van der Waals surface area (Å²) >= 11 is 10.5. The van der Waals surface area contributed by atoms with Gasteiger partial charge in [0.1, 0.15) is 14.2 Å². The second-order valence-corrected chi connectivity index (χ2v) is 11.5. The van der Waals surface area contributed by atoms with Crippen molar-refractivity contribution in [2.75, 3.05) is 11.9 Å². The Morgan fingerprint density at radius 3 is 2.69 bits per heavy atom. The fraction of sp³-hybridized carbons (Fsp3) is 0.200. The van der Waals surface area contributed by atoms with Gasteiger partial charge in [-0.25, -0.2) is 0 Å². The van der Waals surface area contributed by atoms with E-state index in [1.54, 1.807) is 21.4 Å². The Balaban J connectivity index is 1.59. The summed E-state index contributed by atoms with van der Waals surface area (Å²) in [6.07, 6.45) is -0.779. The van der Waals surface area contributed by atoms with Crippen molar-refractivity contribution in [3.05, 3.63) is 94.7 Å². The number of benzene rings is 2. The van der Waals surface area contributed by atoms with Gasteiger partial charge in [-0.1, -0.05) is 52.9 Å². The van der Waals surface area contributed by atoms with Crippen LogP contribution < -0.4 is 24.2 Å². The van der Waals surface area contributed by atoms with Gasteiger partial charge in [-0.2, -0.15) is 17.7 Å². The normalized spacial score (nSPS) is 15.6. The molecule has 0 spiro atoms. The maximum absolute atomic E-state index is 13.5. The van der Waals surface area contributed by atoms with Gasteiger partial charge >= 0.3 is 6.18 Å². The average Bonchev–Trinajstić information content (AvgIpc) is 3.50. The predicted molar refractivity (Wildman–Crippen MR) is 141 cm³/mol. The van der Waals surface area contributed by atoms with Gasteiger partial charge in [0.15, 0.2) is 12.7 Å². The average molecular weight is 567 g/mol. The molecule has 0 saturated carbocycles. The molecule has 0 amide bonds. The van der Waals surface area contributed by atoms with Crippen LogP contribution >= 0.6 is 46.0 Å². The third-order valence-electron chi connectivity index (χ3n) is 5.84. The van der Waals surface area contributed by atoms with Crippen LogP contribution in [0.15, 0.2) is 63.7 Å². The van der Waals surface area contributed by atoms with Crippen molar-refractivity contribution >= 4 is 62.8 Å². The first-order valence-corrected chi connectivity index (χ1v) is 13.8. The van der Waals surface area contributed by atoms with Crippen molar-refractivity contribution in [3.63, 3.8) is 0 Å². The van der Waals surface area contributed by atoms with Crippen LogP contribution in [0.25, 0.3) is 11.1 Å². The molecular formula is C25H20ClF3N3OS3+. The van der Waals surface area contributed by atoms with Crippen molar-refractivity contribution in [1.29, 1.82) is 0 Å². The number of thioether (sulfide) groups is 1. The molecule has 1 aliphatic rings. The predicted octanol–water partition coefficient (Wildman–Crippen LogP) is 5.14. The number of hydrogen-bond acceptors (Lipinski definition) is 5. The number of alkyl halides is 3. The van der Waals surface area contributed by atoms with E-state index in [-0.39, 0.29) is 17.7 Å². The van der Waals surface area contributed by atoms with Gasteiger partial charge in [0, 0.05) is 29.1 Å². The van der Waals surface area contributed by atoms with Gasteiger partial charge < -0.3 is 4.90 Å². The van der Waals surface area contributed by atoms with Crippen LogP contribution in [0.1, 0.15) is 23.1 Å². The highest BCUT2D eigenvalue weighted by Crippen LogP contribution is 2.46. The van der Waals surface area contributed by atoms with Gasteiger partial charge in [-0.05, 0) is 31.2 Å². The molecule has 3 heterocycles. The van der Waals surface area contributed by atoms with Crippen LogP contribution in [-0.2, 0) is 19.3 Å². The number of halogens is 4. The lowest BCUT2D eigenvalue weighted by Crippen LogP contribution is -2.37. The standard InChI is InChI=1S/C25H20ClF3N3OS3/c1-3-32-21(36-22(23(32)33)24-30(2)18-12-16(26)8-9-19(18)35-24)13-20-31(10-11-34-20)14-15-6-4-5-7-17(15)25(27,28)29/h4-13H,3,14H2,1-2H3/q+1/b24-22+. The van der Waals surface area contributed by atoms with Crippen molar-refractivity contribution in [1.82, 2.24) is 4.57 Å². The highest BCUT2D eigenvalue weighted by molar-refractivity contribution is 8.08. The van der Waals surface area contributed by atoms with Gasteiger partial charge in [0.2, 0.25) is 0 Å². The fourth-order valence-electron chi connectivity index (χ4n) is 4.07. The molecule has 186 valence electrons. The van der Waals surface area contributed by atoms with Gasteiger partial charge in [-0.3, -0.25) is 9.36 Å². The zero-order valence-electron chi connectivity index (χ0n) is 19.2. The summed E-state index contributed by atoms with van der Waals surface area (Å²) in [5.41, 5.74) is 0.408. The number of hydrogen-bond donors (Lipinski definition) is 0. The van der Waals surface area contributed by atoms with Gasteiger partial charge in [0.25, 0.3) is 10.6 Å². The minimum atomic E-state index is -4.42. The Labute approximate surface area is 222 Å². The first kappa shape index (κ1) is 25.1. The number of anilines is 1. The molecule has 0 saturated heterocycles. The van der Waals surface area contributed by atoms with Crippen molar-refractivity contribution in [2.45, 2.75) is 31.1 Å². The SMILES string of the molecule is CCn1c(=O)/c(=C2\Sc3ccc(Cl)cc3N2C)s/c1=C\c1scc[n+]1Cc1ccccc1C(F)(F)F. The van der Waals surface area contributed by atoms with E-state index in [4.69, 9.17) is 11.6 Å². The molecule has 0 aliphatic carbocycles. The van der Waals surface area contributed by atoms with Crippen molar-refractivity contribution in [2.24, 2.45) is 0 Å². The topological polar surface area (TPSA) is 29.1 Å². The van der Waals surface area contributed by atoms with Crippen LogP contribution in [-0.4, -0.2) is 11.6 Å². The van der Waals surface area contributed by atoms with Crippen molar-refractivity contribution in [3.8, 4) is 0 Å². The molecule has 2 aromatic carbocycles. The fourth-order valence-corrected chi connectivity index (χ4v) is 7.54. The number of aromatic nitrogens is 2. The van der Waals surface area contributed by atoms with Gasteiger partial charge in [-0.15, -0.1) is 11.3 Å². The largest absolute Gasteiger partial charge is 0.416 e. The molecule has 0 unspecified atom stereocenters. The lowest BCUT2D eigenvalue weighted by Gasteiger charge is -2.12. The Kier molecular flexibility index (Phi) is 6.80. The highest BCUT2D eigenvalue weighted by Gasteiger charge is 2.34. The smallest absolute Gasteiger partial charge is 0.337 e. The van der Waals surface area contributed by atoms with E-state index in [9.17, 15) is 18.0 Å². The zero-order chi connectivity index (χ0) is 25.6. The maximum Gasteiger partial charge on any atom is 0.416 e. The van der Waals surface area contributed by atoms with Crippen molar-refractivity contribution < 1.29 is 17.7 Å². The third kappa shape index (κ3) is 4.63. The monoisotopic (exact) mass is 566 g/mol.